The summed E-state index contributed by atoms with van der Waals surface area (Å²) in [6.45, 7) is 2.52. The summed E-state index contributed by atoms with van der Waals surface area (Å²) in [4.78, 5) is 4.48. The number of benzene rings is 2. The number of ether oxygens (including phenoxy) is 1. The van der Waals surface area contributed by atoms with E-state index >= 15 is 0 Å². The average Bonchev–Trinajstić information content (AvgIpc) is 2.89. The number of nitrogens with zero attached hydrogens (tertiary/aromatic N) is 3. The highest BCUT2D eigenvalue weighted by atomic mass is 16.5. The molecule has 0 unspecified atom stereocenters. The van der Waals surface area contributed by atoms with Crippen molar-refractivity contribution >= 4 is 11.0 Å². The van der Waals surface area contributed by atoms with Crippen molar-refractivity contribution in [2.24, 2.45) is 0 Å². The number of aliphatic hydroxyl groups excluding tert-OH is 1. The molecule has 5 nitrogen and oxygen atoms in total. The van der Waals surface area contributed by atoms with E-state index < -0.39 is 6.10 Å². The zero-order chi connectivity index (χ0) is 16.2. The van der Waals surface area contributed by atoms with Gasteiger partial charge in [-0.25, -0.2) is 4.98 Å². The summed E-state index contributed by atoms with van der Waals surface area (Å²) < 4.78 is 7.56. The van der Waals surface area contributed by atoms with E-state index in [1.165, 1.54) is 0 Å². The number of hydrogen-bond acceptors (Lipinski definition) is 4. The molecule has 0 spiro atoms. The Morgan fingerprint density at radius 1 is 1.22 bits per heavy atom. The molecule has 0 saturated carbocycles. The number of aryl methyl sites for hydroxylation is 1. The van der Waals surface area contributed by atoms with E-state index in [0.717, 1.165) is 16.9 Å². The summed E-state index contributed by atoms with van der Waals surface area (Å²) in [6.07, 6.45) is -0.651. The number of rotatable bonds is 5. The van der Waals surface area contributed by atoms with Gasteiger partial charge in [0, 0.05) is 0 Å². The van der Waals surface area contributed by atoms with E-state index in [1.807, 2.05) is 35.8 Å². The maximum Gasteiger partial charge on any atom is 0.119 e. The molecule has 0 fully saturated rings. The smallest absolute Gasteiger partial charge is 0.119 e. The van der Waals surface area contributed by atoms with Crippen LogP contribution in [0.3, 0.4) is 0 Å². The Balaban J connectivity index is 1.65. The second kappa shape index (κ2) is 6.51. The second-order valence-corrected chi connectivity index (χ2v) is 5.36. The third-order valence-corrected chi connectivity index (χ3v) is 3.66. The van der Waals surface area contributed by atoms with Crippen molar-refractivity contribution in [3.8, 4) is 11.8 Å². The zero-order valence-corrected chi connectivity index (χ0v) is 12.8. The Kier molecular flexibility index (Phi) is 4.26. The van der Waals surface area contributed by atoms with E-state index in [9.17, 15) is 5.11 Å². The highest BCUT2D eigenvalue weighted by Gasteiger charge is 2.12. The maximum absolute atomic E-state index is 10.2. The van der Waals surface area contributed by atoms with Crippen LogP contribution in [0.15, 0.2) is 48.5 Å². The molecule has 1 heterocycles. The SMILES string of the molecule is Cc1nc2ccccc2n1C[C@H](O)COc1ccc(C#N)cc1. The highest BCUT2D eigenvalue weighted by molar-refractivity contribution is 5.75. The van der Waals surface area contributed by atoms with E-state index in [1.54, 1.807) is 24.3 Å². The Bertz CT molecular complexity index is 847. The van der Waals surface area contributed by atoms with Crippen LogP contribution < -0.4 is 4.74 Å². The first-order chi connectivity index (χ1) is 11.2. The first-order valence-electron chi connectivity index (χ1n) is 7.40. The van der Waals surface area contributed by atoms with Crippen molar-refractivity contribution in [1.82, 2.24) is 9.55 Å². The Labute approximate surface area is 134 Å². The predicted octanol–water partition coefficient (Wildman–Crippen LogP) is 2.66. The summed E-state index contributed by atoms with van der Waals surface area (Å²) in [5.41, 5.74) is 2.51. The van der Waals surface area contributed by atoms with Gasteiger partial charge in [0.25, 0.3) is 0 Å². The van der Waals surface area contributed by atoms with E-state index in [-0.39, 0.29) is 6.61 Å². The van der Waals surface area contributed by atoms with Gasteiger partial charge in [-0.15, -0.1) is 0 Å². The van der Waals surface area contributed by atoms with Crippen LogP contribution in [-0.2, 0) is 6.54 Å². The van der Waals surface area contributed by atoms with Gasteiger partial charge in [-0.05, 0) is 43.3 Å². The second-order valence-electron chi connectivity index (χ2n) is 5.36. The van der Waals surface area contributed by atoms with Crippen molar-refractivity contribution in [1.29, 1.82) is 5.26 Å². The molecule has 1 aromatic heterocycles. The lowest BCUT2D eigenvalue weighted by Crippen LogP contribution is -2.24. The lowest BCUT2D eigenvalue weighted by Gasteiger charge is -2.14. The number of imidazole rings is 1. The third kappa shape index (κ3) is 3.33. The Morgan fingerprint density at radius 2 is 1.96 bits per heavy atom. The number of nitriles is 1. The molecule has 0 aliphatic rings. The van der Waals surface area contributed by atoms with Gasteiger partial charge >= 0.3 is 0 Å². The normalized spacial score (nSPS) is 12.0. The molecule has 3 rings (SSSR count). The topological polar surface area (TPSA) is 71.1 Å². The van der Waals surface area contributed by atoms with Crippen molar-refractivity contribution < 1.29 is 9.84 Å². The predicted molar refractivity (Wildman–Crippen MR) is 87.1 cm³/mol. The van der Waals surface area contributed by atoms with E-state index in [4.69, 9.17) is 10.00 Å². The van der Waals surface area contributed by atoms with Gasteiger partial charge in [-0.3, -0.25) is 0 Å². The molecule has 0 aliphatic carbocycles. The Hall–Kier alpha value is -2.84. The third-order valence-electron chi connectivity index (χ3n) is 3.66. The summed E-state index contributed by atoms with van der Waals surface area (Å²) in [5.74, 6) is 1.50. The van der Waals surface area contributed by atoms with Gasteiger partial charge in [-0.1, -0.05) is 12.1 Å². The number of aromatic nitrogens is 2. The number of fused-ring (bicyclic) bond motifs is 1. The van der Waals surface area contributed by atoms with Gasteiger partial charge in [0.2, 0.25) is 0 Å². The van der Waals surface area contributed by atoms with Crippen LogP contribution in [0.1, 0.15) is 11.4 Å². The number of hydrogen-bond donors (Lipinski definition) is 1. The van der Waals surface area contributed by atoms with Crippen LogP contribution >= 0.6 is 0 Å². The lowest BCUT2D eigenvalue weighted by atomic mass is 10.2. The molecule has 5 heteroatoms. The van der Waals surface area contributed by atoms with E-state index in [0.29, 0.717) is 17.9 Å². The molecule has 3 aromatic rings. The van der Waals surface area contributed by atoms with Crippen molar-refractivity contribution in [3.63, 3.8) is 0 Å². The van der Waals surface area contributed by atoms with Crippen LogP contribution in [0.5, 0.6) is 5.75 Å². The molecule has 0 aliphatic heterocycles. The molecule has 0 radical (unpaired) electrons. The summed E-state index contributed by atoms with van der Waals surface area (Å²) in [6, 6.07) is 16.7. The fourth-order valence-electron chi connectivity index (χ4n) is 2.51. The summed E-state index contributed by atoms with van der Waals surface area (Å²) in [7, 11) is 0. The fraction of sp³-hybridized carbons (Fsp3) is 0.222. The minimum atomic E-state index is -0.651. The first kappa shape index (κ1) is 15.1. The highest BCUT2D eigenvalue weighted by Crippen LogP contribution is 2.16. The molecular formula is C18H17N3O2. The van der Waals surface area contributed by atoms with Gasteiger partial charge in [0.05, 0.1) is 29.2 Å². The largest absolute Gasteiger partial charge is 0.491 e. The van der Waals surface area contributed by atoms with Gasteiger partial charge in [0.15, 0.2) is 0 Å². The molecule has 1 atom stereocenters. The van der Waals surface area contributed by atoms with Crippen LogP contribution in [0, 0.1) is 18.3 Å². The van der Waals surface area contributed by atoms with Crippen molar-refractivity contribution in [2.75, 3.05) is 6.61 Å². The molecule has 23 heavy (non-hydrogen) atoms. The summed E-state index contributed by atoms with van der Waals surface area (Å²) >= 11 is 0. The van der Waals surface area contributed by atoms with Crippen molar-refractivity contribution in [2.45, 2.75) is 19.6 Å². The minimum absolute atomic E-state index is 0.178. The molecule has 2 aromatic carbocycles. The first-order valence-corrected chi connectivity index (χ1v) is 7.40. The molecule has 0 amide bonds. The summed E-state index contributed by atoms with van der Waals surface area (Å²) in [5, 5.41) is 19.0. The quantitative estimate of drug-likeness (QED) is 0.786. The lowest BCUT2D eigenvalue weighted by molar-refractivity contribution is 0.0929. The minimum Gasteiger partial charge on any atom is -0.491 e. The molecule has 0 bridgehead atoms. The van der Waals surface area contributed by atoms with Gasteiger partial charge < -0.3 is 14.4 Å². The van der Waals surface area contributed by atoms with Gasteiger partial charge in [0.1, 0.15) is 24.3 Å². The Morgan fingerprint density at radius 3 is 2.70 bits per heavy atom. The van der Waals surface area contributed by atoms with Crippen molar-refractivity contribution in [3.05, 3.63) is 59.9 Å². The fourth-order valence-corrected chi connectivity index (χ4v) is 2.51. The number of para-hydroxylation sites is 2. The maximum atomic E-state index is 10.2. The average molecular weight is 307 g/mol. The van der Waals surface area contributed by atoms with Crippen LogP contribution in [0.2, 0.25) is 0 Å². The molecule has 0 saturated heterocycles. The number of aliphatic hydroxyl groups is 1. The van der Waals surface area contributed by atoms with Crippen LogP contribution in [-0.4, -0.2) is 27.4 Å². The van der Waals surface area contributed by atoms with Crippen LogP contribution in [0.25, 0.3) is 11.0 Å². The molecule has 116 valence electrons. The zero-order valence-electron chi connectivity index (χ0n) is 12.8. The van der Waals surface area contributed by atoms with Crippen LogP contribution in [0.4, 0.5) is 0 Å². The monoisotopic (exact) mass is 307 g/mol. The molecular weight excluding hydrogens is 290 g/mol. The van der Waals surface area contributed by atoms with E-state index in [2.05, 4.69) is 11.1 Å². The molecule has 1 N–H and O–H groups in total. The van der Waals surface area contributed by atoms with Gasteiger partial charge in [-0.2, -0.15) is 5.26 Å². The standard InChI is InChI=1S/C18H17N3O2/c1-13-20-17-4-2-3-5-18(17)21(13)11-15(22)12-23-16-8-6-14(10-19)7-9-16/h2-9,15,22H,11-12H2,1H3/t15-/m0/s1.